The molecule has 0 bridgehead atoms. The summed E-state index contributed by atoms with van der Waals surface area (Å²) in [4.78, 5) is 1.95. The summed E-state index contributed by atoms with van der Waals surface area (Å²) in [7, 11) is -0.269. The molecule has 1 fully saturated rings. The Kier molecular flexibility index (Phi) is 6.56. The van der Waals surface area contributed by atoms with E-state index in [0.29, 0.717) is 5.92 Å². The van der Waals surface area contributed by atoms with Crippen molar-refractivity contribution in [3.8, 4) is 0 Å². The molecule has 0 aromatic heterocycles. The molecule has 1 saturated heterocycles. The van der Waals surface area contributed by atoms with Crippen LogP contribution in [0.3, 0.4) is 0 Å². The molecule has 0 aliphatic carbocycles. The van der Waals surface area contributed by atoms with Crippen LogP contribution in [-0.4, -0.2) is 57.1 Å². The Hall–Kier alpha value is -1.06. The Labute approximate surface area is 150 Å². The second-order valence-electron chi connectivity index (χ2n) is 6.91. The monoisotopic (exact) mass is 373 g/mol. The van der Waals surface area contributed by atoms with E-state index < -0.39 is 16.3 Å². The van der Waals surface area contributed by atoms with E-state index in [9.17, 15) is 12.8 Å². The van der Waals surface area contributed by atoms with Gasteiger partial charge in [-0.1, -0.05) is 26.0 Å². The Morgan fingerprint density at radius 3 is 2.44 bits per heavy atom. The number of methoxy groups -OCH3 is 1. The van der Waals surface area contributed by atoms with E-state index in [1.54, 1.807) is 26.3 Å². The van der Waals surface area contributed by atoms with Crippen LogP contribution in [0.15, 0.2) is 24.3 Å². The summed E-state index contributed by atoms with van der Waals surface area (Å²) in [6.45, 7) is 4.45. The maximum Gasteiger partial charge on any atom is 0.213 e. The van der Waals surface area contributed by atoms with Crippen molar-refractivity contribution in [2.75, 3.05) is 27.1 Å². The van der Waals surface area contributed by atoms with Crippen LogP contribution in [0.25, 0.3) is 0 Å². The average Bonchev–Trinajstić information content (AvgIpc) is 2.54. The van der Waals surface area contributed by atoms with Gasteiger partial charge in [-0.15, -0.1) is 0 Å². The predicted molar refractivity (Wildman–Crippen MR) is 95.6 cm³/mol. The Bertz CT molecular complexity index is 666. The molecule has 6 nitrogen and oxygen atoms in total. The Morgan fingerprint density at radius 1 is 1.36 bits per heavy atom. The summed E-state index contributed by atoms with van der Waals surface area (Å²) in [6, 6.07) is 6.41. The zero-order valence-corrected chi connectivity index (χ0v) is 16.3. The number of hydrogen-bond donors (Lipinski definition) is 1. The molecule has 1 aliphatic heterocycles. The van der Waals surface area contributed by atoms with Gasteiger partial charge in [0.05, 0.1) is 6.26 Å². The third-order valence-corrected chi connectivity index (χ3v) is 6.01. The van der Waals surface area contributed by atoms with Crippen molar-refractivity contribution in [2.24, 2.45) is 5.92 Å². The van der Waals surface area contributed by atoms with Gasteiger partial charge in [-0.2, -0.15) is 4.31 Å². The summed E-state index contributed by atoms with van der Waals surface area (Å²) in [5.74, 6) is 0.0318. The largest absolute Gasteiger partial charge is 0.369 e. The Morgan fingerprint density at radius 2 is 1.96 bits per heavy atom. The maximum atomic E-state index is 13.3. The number of benzene rings is 1. The third-order valence-electron chi connectivity index (χ3n) is 4.76. The number of halogens is 1. The summed E-state index contributed by atoms with van der Waals surface area (Å²) in [5.41, 5.74) is 0.942. The smallest absolute Gasteiger partial charge is 0.213 e. The van der Waals surface area contributed by atoms with Gasteiger partial charge in [0.25, 0.3) is 0 Å². The van der Waals surface area contributed by atoms with Crippen molar-refractivity contribution in [3.05, 3.63) is 35.6 Å². The van der Waals surface area contributed by atoms with Gasteiger partial charge in [0, 0.05) is 26.2 Å². The molecule has 3 atom stereocenters. The fourth-order valence-corrected chi connectivity index (χ4v) is 3.73. The van der Waals surface area contributed by atoms with Gasteiger partial charge in [0.2, 0.25) is 10.0 Å². The number of rotatable bonds is 6. The number of hydrogen-bond acceptors (Lipinski definition) is 5. The molecule has 1 aromatic carbocycles. The number of nitrogens with one attached hydrogen (secondary N) is 1. The van der Waals surface area contributed by atoms with Crippen molar-refractivity contribution in [3.63, 3.8) is 0 Å². The van der Waals surface area contributed by atoms with E-state index in [2.05, 4.69) is 19.2 Å². The lowest BCUT2D eigenvalue weighted by atomic mass is 9.90. The quantitative estimate of drug-likeness (QED) is 0.826. The van der Waals surface area contributed by atoms with E-state index in [-0.39, 0.29) is 24.6 Å². The van der Waals surface area contributed by atoms with Crippen LogP contribution in [0.2, 0.25) is 0 Å². The van der Waals surface area contributed by atoms with Crippen molar-refractivity contribution in [1.29, 1.82) is 0 Å². The van der Waals surface area contributed by atoms with Gasteiger partial charge in [0.1, 0.15) is 18.8 Å². The lowest BCUT2D eigenvalue weighted by Crippen LogP contribution is -2.65. The summed E-state index contributed by atoms with van der Waals surface area (Å²) >= 11 is 0. The first-order valence-electron chi connectivity index (χ1n) is 8.34. The molecule has 2 rings (SSSR count). The molecule has 25 heavy (non-hydrogen) atoms. The van der Waals surface area contributed by atoms with E-state index in [4.69, 9.17) is 4.74 Å². The van der Waals surface area contributed by atoms with Crippen LogP contribution in [0, 0.1) is 11.7 Å². The highest BCUT2D eigenvalue weighted by Gasteiger charge is 2.41. The molecule has 3 unspecified atom stereocenters. The maximum absolute atomic E-state index is 13.3. The molecular weight excluding hydrogens is 345 g/mol. The minimum atomic E-state index is -3.40. The van der Waals surface area contributed by atoms with Gasteiger partial charge in [-0.3, -0.25) is 5.32 Å². The van der Waals surface area contributed by atoms with Crippen molar-refractivity contribution >= 4 is 10.0 Å². The standard InChI is InChI=1S/C17H28FN3O3S/c1-12(2)15-10-16(13-6-8-14(18)9-7-13)21(11-24-4)17(19-15)20(3)25(5,22)23/h6-9,12,15-17,19H,10-11H2,1-5H3. The van der Waals surface area contributed by atoms with Gasteiger partial charge in [0.15, 0.2) is 0 Å². The van der Waals surface area contributed by atoms with E-state index in [1.807, 2.05) is 4.90 Å². The van der Waals surface area contributed by atoms with Gasteiger partial charge >= 0.3 is 0 Å². The summed E-state index contributed by atoms with van der Waals surface area (Å²) < 4.78 is 44.2. The molecular formula is C17H28FN3O3S. The minimum absolute atomic E-state index is 0.0802. The fourth-order valence-electron chi connectivity index (χ4n) is 3.18. The first kappa shape index (κ1) is 20.3. The van der Waals surface area contributed by atoms with Crippen LogP contribution in [0.1, 0.15) is 31.9 Å². The highest BCUT2D eigenvalue weighted by molar-refractivity contribution is 7.88. The topological polar surface area (TPSA) is 61.9 Å². The normalized spacial score (nSPS) is 25.7. The number of ether oxygens (including phenoxy) is 1. The fraction of sp³-hybridized carbons (Fsp3) is 0.647. The van der Waals surface area contributed by atoms with Crippen molar-refractivity contribution in [2.45, 2.75) is 38.6 Å². The molecule has 0 amide bonds. The van der Waals surface area contributed by atoms with Crippen LogP contribution >= 0.6 is 0 Å². The van der Waals surface area contributed by atoms with Crippen LogP contribution in [0.4, 0.5) is 4.39 Å². The van der Waals surface area contributed by atoms with Crippen LogP contribution in [0.5, 0.6) is 0 Å². The van der Waals surface area contributed by atoms with E-state index in [0.717, 1.165) is 12.0 Å². The minimum Gasteiger partial charge on any atom is -0.369 e. The zero-order valence-electron chi connectivity index (χ0n) is 15.4. The zero-order chi connectivity index (χ0) is 18.8. The average molecular weight is 373 g/mol. The van der Waals surface area contributed by atoms with Crippen molar-refractivity contribution in [1.82, 2.24) is 14.5 Å². The van der Waals surface area contributed by atoms with Crippen LogP contribution < -0.4 is 5.32 Å². The second-order valence-corrected chi connectivity index (χ2v) is 8.95. The second kappa shape index (κ2) is 8.09. The SMILES string of the molecule is COCN1C(c2ccc(F)cc2)CC(C(C)C)NC1N(C)S(C)(=O)=O. The predicted octanol–water partition coefficient (Wildman–Crippen LogP) is 1.97. The summed E-state index contributed by atoms with van der Waals surface area (Å²) in [5, 5.41) is 3.42. The lowest BCUT2D eigenvalue weighted by molar-refractivity contribution is -0.0790. The lowest BCUT2D eigenvalue weighted by Gasteiger charge is -2.49. The van der Waals surface area contributed by atoms with E-state index >= 15 is 0 Å². The highest BCUT2D eigenvalue weighted by atomic mass is 32.2. The molecule has 1 aromatic rings. The van der Waals surface area contributed by atoms with Crippen LogP contribution in [-0.2, 0) is 14.8 Å². The first-order valence-corrected chi connectivity index (χ1v) is 10.2. The third kappa shape index (κ3) is 4.77. The molecule has 1 aliphatic rings. The molecule has 0 spiro atoms. The molecule has 142 valence electrons. The van der Waals surface area contributed by atoms with Crippen molar-refractivity contribution < 1.29 is 17.5 Å². The van der Waals surface area contributed by atoms with Gasteiger partial charge in [-0.25, -0.2) is 17.7 Å². The molecule has 0 radical (unpaired) electrons. The molecule has 1 N–H and O–H groups in total. The Balaban J connectivity index is 2.44. The highest BCUT2D eigenvalue weighted by Crippen LogP contribution is 2.34. The number of sulfonamides is 1. The number of nitrogens with zero attached hydrogens (tertiary/aromatic N) is 2. The summed E-state index contributed by atoms with van der Waals surface area (Å²) in [6.07, 6.45) is 1.43. The van der Waals surface area contributed by atoms with E-state index in [1.165, 1.54) is 22.7 Å². The molecule has 0 saturated carbocycles. The molecule has 8 heteroatoms. The van der Waals surface area contributed by atoms with Gasteiger partial charge < -0.3 is 4.74 Å². The van der Waals surface area contributed by atoms with Gasteiger partial charge in [-0.05, 0) is 30.0 Å². The first-order chi connectivity index (χ1) is 11.6. The molecule has 1 heterocycles.